The number of hydrogen-bond acceptors (Lipinski definition) is 9. The van der Waals surface area contributed by atoms with Crippen molar-refractivity contribution in [3.8, 4) is 28.1 Å². The van der Waals surface area contributed by atoms with E-state index in [-0.39, 0.29) is 55.7 Å². The number of methoxy groups -OCH3 is 1. The van der Waals surface area contributed by atoms with Gasteiger partial charge in [-0.2, -0.15) is 0 Å². The summed E-state index contributed by atoms with van der Waals surface area (Å²) in [4.78, 5) is 72.4. The van der Waals surface area contributed by atoms with E-state index in [1.165, 1.54) is 16.0 Å². The summed E-state index contributed by atoms with van der Waals surface area (Å²) in [6.07, 6.45) is 3.04. The van der Waals surface area contributed by atoms with E-state index in [0.717, 1.165) is 44.4 Å². The maximum absolute atomic E-state index is 14.7. The topological polar surface area (TPSA) is 163 Å². The minimum atomic E-state index is -1.16. The number of esters is 1. The summed E-state index contributed by atoms with van der Waals surface area (Å²) in [5.74, 6) is -2.83. The summed E-state index contributed by atoms with van der Waals surface area (Å²) < 4.78 is 14.3. The number of aromatic nitrogens is 1. The maximum atomic E-state index is 14.7. The molecule has 2 saturated heterocycles. The van der Waals surface area contributed by atoms with Crippen molar-refractivity contribution < 1.29 is 38.6 Å². The van der Waals surface area contributed by atoms with Crippen LogP contribution in [0, 0.1) is 17.3 Å². The fourth-order valence-corrected chi connectivity index (χ4v) is 10.1. The summed E-state index contributed by atoms with van der Waals surface area (Å²) in [5.41, 5.74) is 10.1. The van der Waals surface area contributed by atoms with Crippen molar-refractivity contribution in [2.75, 3.05) is 40.4 Å². The lowest BCUT2D eigenvalue weighted by Gasteiger charge is -2.37. The highest BCUT2D eigenvalue weighted by Crippen LogP contribution is 2.42. The molecule has 2 fully saturated rings. The van der Waals surface area contributed by atoms with Crippen LogP contribution < -0.4 is 10.7 Å². The zero-order chi connectivity index (χ0) is 47.6. The molecule has 0 spiro atoms. The number of nitrogens with one attached hydrogen (secondary N) is 2. The number of likely N-dealkylation sites (N-methyl/N-ethyl adjacent to an activating group) is 1. The van der Waals surface area contributed by atoms with Crippen LogP contribution in [-0.2, 0) is 52.8 Å². The molecule has 0 unspecified atom stereocenters. The van der Waals surface area contributed by atoms with Gasteiger partial charge in [-0.3, -0.25) is 29.0 Å². The molecule has 3 aliphatic rings. The Hall–Kier alpha value is -5.99. The van der Waals surface area contributed by atoms with Crippen LogP contribution in [0.2, 0.25) is 0 Å². The number of nitrogens with zero attached hydrogens (tertiary/aromatic N) is 4. The van der Waals surface area contributed by atoms with E-state index in [0.29, 0.717) is 44.3 Å². The van der Waals surface area contributed by atoms with Crippen LogP contribution in [0.4, 0.5) is 0 Å². The van der Waals surface area contributed by atoms with Gasteiger partial charge in [0.2, 0.25) is 17.7 Å². The molecule has 7 rings (SSSR count). The fourth-order valence-electron chi connectivity index (χ4n) is 10.1. The molecular weight excluding hydrogens is 837 g/mol. The number of ether oxygens (including phenoxy) is 2. The number of hydrazine groups is 1. The van der Waals surface area contributed by atoms with Crippen molar-refractivity contribution >= 4 is 40.5 Å². The van der Waals surface area contributed by atoms with Crippen molar-refractivity contribution in [1.82, 2.24) is 30.1 Å². The SMILES string of the molecule is C=CC(=O)N1CC[C@H](C(=O)N(C)[C@H](C(=O)N[C@H]2Cc3cc(O)cc(c3)-c3ccc4c(c3)c(c(-c3ccccc3[C@@H](C)OC)n4CC)CC(C)(C)COC(=O)[C@@H]3CCCN(N3)C2=O)C(C)C)C1. The first-order valence-electron chi connectivity index (χ1n) is 23.3. The van der Waals surface area contributed by atoms with Gasteiger partial charge in [0.25, 0.3) is 5.91 Å². The quantitative estimate of drug-likeness (QED) is 0.118. The smallest absolute Gasteiger partial charge is 0.324 e. The van der Waals surface area contributed by atoms with Crippen LogP contribution in [0.1, 0.15) is 83.6 Å². The Balaban J connectivity index is 1.31. The zero-order valence-corrected chi connectivity index (χ0v) is 39.7. The van der Waals surface area contributed by atoms with Gasteiger partial charge in [-0.15, -0.1) is 0 Å². The van der Waals surface area contributed by atoms with Crippen LogP contribution >= 0.6 is 0 Å². The standard InChI is InChI=1S/C52H66N6O8/c1-10-45(60)56-22-20-35(29-56)49(62)55(8)46(31(3)4)48(61)53-43-25-33-23-36(26-37(59)24-33)34-18-19-44-40(27-34)41(47(57(44)11-2)39-16-13-12-15-38(39)32(5)65-9)28-52(6,7)30-66-51(64)42-17-14-21-58(54-42)50(43)63/h10,12-13,15-16,18-19,23-24,26-27,31-32,35,42-43,46,54,59H,1,11,14,17,20-22,25,28-30H2,2-9H3,(H,53,61)/t32-,35+,42+,43+,46+/m1/s1. The van der Waals surface area contributed by atoms with Crippen LogP contribution in [0.15, 0.2) is 73.3 Å². The zero-order valence-electron chi connectivity index (χ0n) is 39.7. The average molecular weight is 903 g/mol. The highest BCUT2D eigenvalue weighted by Gasteiger charge is 2.40. The van der Waals surface area contributed by atoms with Gasteiger partial charge in [-0.05, 0) is 104 Å². The minimum absolute atomic E-state index is 0.00446. The van der Waals surface area contributed by atoms with Crippen molar-refractivity contribution in [3.63, 3.8) is 0 Å². The lowest BCUT2D eigenvalue weighted by molar-refractivity contribution is -0.155. The van der Waals surface area contributed by atoms with Crippen molar-refractivity contribution in [2.45, 2.75) is 104 Å². The van der Waals surface area contributed by atoms with Gasteiger partial charge in [-0.1, -0.05) is 70.7 Å². The molecule has 4 heterocycles. The number of amides is 4. The molecule has 3 N–H and O–H groups in total. The van der Waals surface area contributed by atoms with E-state index >= 15 is 0 Å². The first kappa shape index (κ1) is 48.0. The number of aryl methyl sites for hydroxylation is 1. The number of phenolic OH excluding ortho intramolecular Hbond substituents is 1. The molecule has 6 bridgehead atoms. The fraction of sp³-hybridized carbons (Fsp3) is 0.481. The molecule has 4 amide bonds. The van der Waals surface area contributed by atoms with Gasteiger partial charge in [0.1, 0.15) is 23.9 Å². The number of hydrogen-bond donors (Lipinski definition) is 3. The van der Waals surface area contributed by atoms with Crippen LogP contribution in [0.3, 0.4) is 0 Å². The predicted octanol–water partition coefficient (Wildman–Crippen LogP) is 6.57. The van der Waals surface area contributed by atoms with E-state index in [1.807, 2.05) is 45.0 Å². The van der Waals surface area contributed by atoms with E-state index in [1.54, 1.807) is 31.2 Å². The van der Waals surface area contributed by atoms with Crippen LogP contribution in [-0.4, -0.2) is 113 Å². The molecule has 0 radical (unpaired) electrons. The second-order valence-electron chi connectivity index (χ2n) is 19.3. The van der Waals surface area contributed by atoms with Gasteiger partial charge in [0.05, 0.1) is 24.3 Å². The highest BCUT2D eigenvalue weighted by molar-refractivity contribution is 5.96. The van der Waals surface area contributed by atoms with Gasteiger partial charge < -0.3 is 34.3 Å². The number of benzene rings is 3. The number of rotatable bonds is 10. The summed E-state index contributed by atoms with van der Waals surface area (Å²) in [5, 5.41) is 16.7. The first-order chi connectivity index (χ1) is 31.4. The molecule has 0 saturated carbocycles. The lowest BCUT2D eigenvalue weighted by atomic mass is 9.83. The van der Waals surface area contributed by atoms with Gasteiger partial charge >= 0.3 is 5.97 Å². The van der Waals surface area contributed by atoms with E-state index < -0.39 is 47.2 Å². The van der Waals surface area contributed by atoms with Crippen LogP contribution in [0.5, 0.6) is 5.75 Å². The number of carbonyl (C=O) groups is 5. The third-order valence-electron chi connectivity index (χ3n) is 13.5. The number of aromatic hydroxyl groups is 1. The molecular formula is C52H66N6O8. The molecule has 352 valence electrons. The second-order valence-corrected chi connectivity index (χ2v) is 19.3. The molecule has 14 nitrogen and oxygen atoms in total. The normalized spacial score (nSPS) is 21.0. The molecule has 66 heavy (non-hydrogen) atoms. The summed E-state index contributed by atoms with van der Waals surface area (Å²) in [6, 6.07) is 16.9. The third-order valence-corrected chi connectivity index (χ3v) is 13.5. The monoisotopic (exact) mass is 902 g/mol. The van der Waals surface area contributed by atoms with E-state index in [9.17, 15) is 29.1 Å². The molecule has 0 aliphatic carbocycles. The van der Waals surface area contributed by atoms with Gasteiger partial charge in [0, 0.05) is 68.6 Å². The molecule has 4 aromatic rings. The Labute approximate surface area is 388 Å². The largest absolute Gasteiger partial charge is 0.508 e. The van der Waals surface area contributed by atoms with Crippen molar-refractivity contribution in [1.29, 1.82) is 0 Å². The van der Waals surface area contributed by atoms with E-state index in [2.05, 4.69) is 66.9 Å². The van der Waals surface area contributed by atoms with Crippen molar-refractivity contribution in [2.24, 2.45) is 17.3 Å². The average Bonchev–Trinajstić information content (AvgIpc) is 3.92. The maximum Gasteiger partial charge on any atom is 0.324 e. The van der Waals surface area contributed by atoms with Crippen LogP contribution in [0.25, 0.3) is 33.3 Å². The lowest BCUT2D eigenvalue weighted by Crippen LogP contribution is -2.62. The number of carbonyl (C=O) groups excluding carboxylic acids is 5. The first-order valence-corrected chi connectivity index (χ1v) is 23.3. The number of phenols is 1. The Morgan fingerprint density at radius 2 is 1.80 bits per heavy atom. The third kappa shape index (κ3) is 9.90. The van der Waals surface area contributed by atoms with Gasteiger partial charge in [-0.25, -0.2) is 5.43 Å². The predicted molar refractivity (Wildman–Crippen MR) is 254 cm³/mol. The molecule has 3 aliphatic heterocycles. The molecule has 3 aromatic carbocycles. The Morgan fingerprint density at radius 3 is 2.52 bits per heavy atom. The highest BCUT2D eigenvalue weighted by atomic mass is 16.5. The Kier molecular flexibility index (Phi) is 14.4. The van der Waals surface area contributed by atoms with Crippen molar-refractivity contribution in [3.05, 3.63) is 90.0 Å². The van der Waals surface area contributed by atoms with E-state index in [4.69, 9.17) is 9.47 Å². The Morgan fingerprint density at radius 1 is 1.05 bits per heavy atom. The number of cyclic esters (lactones) is 1. The molecule has 1 aromatic heterocycles. The number of likely N-dealkylation sites (tertiary alicyclic amines) is 1. The molecule has 14 heteroatoms. The minimum Gasteiger partial charge on any atom is -0.508 e. The second kappa shape index (κ2) is 19.9. The summed E-state index contributed by atoms with van der Waals surface area (Å²) in [6.45, 7) is 17.3. The Bertz CT molecular complexity index is 2510. The summed E-state index contributed by atoms with van der Waals surface area (Å²) >= 11 is 0. The summed E-state index contributed by atoms with van der Waals surface area (Å²) in [7, 11) is 3.29. The number of fused-ring (bicyclic) bond motifs is 6. The molecule has 5 atom stereocenters. The van der Waals surface area contributed by atoms with Gasteiger partial charge in [0.15, 0.2) is 0 Å².